The molecule has 17 heavy (non-hydrogen) atoms. The molecule has 2 heteroatoms. The summed E-state index contributed by atoms with van der Waals surface area (Å²) in [5.41, 5.74) is 0. The Balaban J connectivity index is 2.22. The van der Waals surface area contributed by atoms with Crippen molar-refractivity contribution in [1.82, 2.24) is 5.32 Å². The van der Waals surface area contributed by atoms with Crippen LogP contribution in [0.1, 0.15) is 52.9 Å². The molecule has 1 N–H and O–H groups in total. The first-order valence-corrected chi connectivity index (χ1v) is 7.52. The maximum Gasteiger partial charge on any atom is 0.0497 e. The van der Waals surface area contributed by atoms with Gasteiger partial charge in [0, 0.05) is 13.2 Å². The molecule has 0 radical (unpaired) electrons. The van der Waals surface area contributed by atoms with E-state index in [1.165, 1.54) is 32.2 Å². The lowest BCUT2D eigenvalue weighted by molar-refractivity contribution is 0.0590. The number of rotatable bonds is 8. The fraction of sp³-hybridized carbons (Fsp3) is 1.00. The van der Waals surface area contributed by atoms with E-state index >= 15 is 0 Å². The largest absolute Gasteiger partial charge is 0.381 e. The van der Waals surface area contributed by atoms with E-state index in [-0.39, 0.29) is 0 Å². The number of nitrogens with one attached hydrogen (secondary N) is 1. The molecule has 0 bridgehead atoms. The summed E-state index contributed by atoms with van der Waals surface area (Å²) in [6.45, 7) is 11.0. The van der Waals surface area contributed by atoms with E-state index in [0.29, 0.717) is 0 Å². The van der Waals surface area contributed by atoms with Crippen LogP contribution < -0.4 is 5.32 Å². The van der Waals surface area contributed by atoms with Crippen molar-refractivity contribution in [3.05, 3.63) is 0 Å². The third-order valence-corrected chi connectivity index (χ3v) is 3.71. The highest BCUT2D eigenvalue weighted by Crippen LogP contribution is 2.29. The van der Waals surface area contributed by atoms with Gasteiger partial charge in [0.1, 0.15) is 0 Å². The van der Waals surface area contributed by atoms with Crippen molar-refractivity contribution < 1.29 is 4.74 Å². The van der Waals surface area contributed by atoms with Gasteiger partial charge in [-0.15, -0.1) is 0 Å². The molecule has 0 aromatic rings. The van der Waals surface area contributed by atoms with Crippen molar-refractivity contribution in [2.24, 2.45) is 17.8 Å². The van der Waals surface area contributed by atoms with Crippen LogP contribution in [0.3, 0.4) is 0 Å². The topological polar surface area (TPSA) is 21.3 Å². The van der Waals surface area contributed by atoms with Gasteiger partial charge < -0.3 is 10.1 Å². The Morgan fingerprint density at radius 2 is 1.88 bits per heavy atom. The van der Waals surface area contributed by atoms with Gasteiger partial charge in [0.05, 0.1) is 0 Å². The summed E-state index contributed by atoms with van der Waals surface area (Å²) in [5, 5.41) is 3.62. The molecule has 102 valence electrons. The maximum atomic E-state index is 5.75. The Labute approximate surface area is 108 Å². The smallest absolute Gasteiger partial charge is 0.0497 e. The maximum absolute atomic E-state index is 5.75. The lowest BCUT2D eigenvalue weighted by atomic mass is 9.79. The zero-order valence-electron chi connectivity index (χ0n) is 12.0. The number of hydrogen-bond acceptors (Lipinski definition) is 2. The minimum atomic E-state index is 0.758. The molecule has 1 aliphatic rings. The lowest BCUT2D eigenvalue weighted by Crippen LogP contribution is -2.34. The van der Waals surface area contributed by atoms with Gasteiger partial charge in [0.2, 0.25) is 0 Å². The molecule has 1 aliphatic carbocycles. The number of ether oxygens (including phenoxy) is 1. The predicted octanol–water partition coefficient (Wildman–Crippen LogP) is 3.47. The first-order chi connectivity index (χ1) is 8.24. The molecule has 0 amide bonds. The molecule has 0 aromatic carbocycles. The van der Waals surface area contributed by atoms with Crippen LogP contribution in [0.5, 0.6) is 0 Å². The average Bonchev–Trinajstić information content (AvgIpc) is 2.31. The van der Waals surface area contributed by atoms with E-state index in [1.807, 2.05) is 0 Å². The molecule has 2 atom stereocenters. The van der Waals surface area contributed by atoms with Gasteiger partial charge in [-0.3, -0.25) is 0 Å². The first kappa shape index (κ1) is 15.0. The summed E-state index contributed by atoms with van der Waals surface area (Å²) in [6, 6.07) is 0. The molecule has 1 rings (SSSR count). The Morgan fingerprint density at radius 3 is 2.53 bits per heavy atom. The minimum Gasteiger partial charge on any atom is -0.381 e. The van der Waals surface area contributed by atoms with Crippen molar-refractivity contribution in [3.63, 3.8) is 0 Å². The van der Waals surface area contributed by atoms with E-state index in [2.05, 4.69) is 26.1 Å². The fourth-order valence-electron chi connectivity index (χ4n) is 2.71. The van der Waals surface area contributed by atoms with Crippen LogP contribution in [-0.2, 0) is 4.74 Å². The van der Waals surface area contributed by atoms with Crippen LogP contribution in [0, 0.1) is 17.8 Å². The number of hydrogen-bond donors (Lipinski definition) is 1. The van der Waals surface area contributed by atoms with Gasteiger partial charge in [0.15, 0.2) is 0 Å². The SMILES string of the molecule is CCCOCC1CCCCC1CNCC(C)C. The van der Waals surface area contributed by atoms with Gasteiger partial charge in [-0.25, -0.2) is 0 Å². The molecule has 0 heterocycles. The first-order valence-electron chi connectivity index (χ1n) is 7.52. The van der Waals surface area contributed by atoms with Crippen molar-refractivity contribution in [1.29, 1.82) is 0 Å². The van der Waals surface area contributed by atoms with Crippen molar-refractivity contribution >= 4 is 0 Å². The van der Waals surface area contributed by atoms with E-state index in [9.17, 15) is 0 Å². The van der Waals surface area contributed by atoms with Gasteiger partial charge in [-0.1, -0.05) is 33.6 Å². The Hall–Kier alpha value is -0.0800. The monoisotopic (exact) mass is 241 g/mol. The minimum absolute atomic E-state index is 0.758. The van der Waals surface area contributed by atoms with Crippen LogP contribution in [0.15, 0.2) is 0 Å². The molecule has 1 saturated carbocycles. The third kappa shape index (κ3) is 6.42. The summed E-state index contributed by atoms with van der Waals surface area (Å²) in [4.78, 5) is 0. The lowest BCUT2D eigenvalue weighted by Gasteiger charge is -2.31. The van der Waals surface area contributed by atoms with E-state index in [1.54, 1.807) is 0 Å². The van der Waals surface area contributed by atoms with Crippen molar-refractivity contribution in [2.75, 3.05) is 26.3 Å². The fourth-order valence-corrected chi connectivity index (χ4v) is 2.71. The van der Waals surface area contributed by atoms with Gasteiger partial charge in [-0.2, -0.15) is 0 Å². The van der Waals surface area contributed by atoms with Crippen LogP contribution in [0.25, 0.3) is 0 Å². The molecule has 0 spiro atoms. The highest BCUT2D eigenvalue weighted by atomic mass is 16.5. The molecule has 2 nitrogen and oxygen atoms in total. The van der Waals surface area contributed by atoms with Gasteiger partial charge >= 0.3 is 0 Å². The van der Waals surface area contributed by atoms with E-state index in [4.69, 9.17) is 4.74 Å². The predicted molar refractivity (Wildman–Crippen MR) is 74.3 cm³/mol. The van der Waals surface area contributed by atoms with Crippen LogP contribution in [0.2, 0.25) is 0 Å². The van der Waals surface area contributed by atoms with E-state index < -0.39 is 0 Å². The second-order valence-electron chi connectivity index (χ2n) is 5.93. The van der Waals surface area contributed by atoms with Gasteiger partial charge in [-0.05, 0) is 50.1 Å². The van der Waals surface area contributed by atoms with Crippen molar-refractivity contribution in [2.45, 2.75) is 52.9 Å². The summed E-state index contributed by atoms with van der Waals surface area (Å²) in [7, 11) is 0. The normalized spacial score (nSPS) is 25.4. The van der Waals surface area contributed by atoms with Gasteiger partial charge in [0.25, 0.3) is 0 Å². The molecule has 1 fully saturated rings. The van der Waals surface area contributed by atoms with Crippen LogP contribution >= 0.6 is 0 Å². The molecular weight excluding hydrogens is 210 g/mol. The summed E-state index contributed by atoms with van der Waals surface area (Å²) < 4.78 is 5.75. The summed E-state index contributed by atoms with van der Waals surface area (Å²) >= 11 is 0. The van der Waals surface area contributed by atoms with E-state index in [0.717, 1.165) is 43.9 Å². The second-order valence-corrected chi connectivity index (χ2v) is 5.93. The zero-order chi connectivity index (χ0) is 12.5. The summed E-state index contributed by atoms with van der Waals surface area (Å²) in [6.07, 6.45) is 6.73. The molecule has 2 unspecified atom stereocenters. The Bertz CT molecular complexity index is 182. The molecule has 0 saturated heterocycles. The highest BCUT2D eigenvalue weighted by Gasteiger charge is 2.24. The molecular formula is C15H31NO. The quantitative estimate of drug-likeness (QED) is 0.657. The Morgan fingerprint density at radius 1 is 1.18 bits per heavy atom. The standard InChI is InChI=1S/C15H31NO/c1-4-9-17-12-15-8-6-5-7-14(15)11-16-10-13(2)3/h13-16H,4-12H2,1-3H3. The van der Waals surface area contributed by atoms with Crippen LogP contribution in [-0.4, -0.2) is 26.3 Å². The average molecular weight is 241 g/mol. The second kappa shape index (κ2) is 8.93. The Kier molecular flexibility index (Phi) is 7.87. The zero-order valence-corrected chi connectivity index (χ0v) is 12.0. The molecule has 0 aliphatic heterocycles. The molecule has 0 aromatic heterocycles. The summed E-state index contributed by atoms with van der Waals surface area (Å²) in [5.74, 6) is 2.41. The van der Waals surface area contributed by atoms with Crippen LogP contribution in [0.4, 0.5) is 0 Å². The third-order valence-electron chi connectivity index (χ3n) is 3.71. The highest BCUT2D eigenvalue weighted by molar-refractivity contribution is 4.77. The van der Waals surface area contributed by atoms with Crippen molar-refractivity contribution in [3.8, 4) is 0 Å².